The van der Waals surface area contributed by atoms with E-state index in [1.807, 2.05) is 6.20 Å². The normalized spacial score (nSPS) is 22.2. The molecule has 1 aromatic rings. The van der Waals surface area contributed by atoms with E-state index < -0.39 is 0 Å². The highest BCUT2D eigenvalue weighted by Gasteiger charge is 2.51. The largest absolute Gasteiger partial charge is 0.367 e. The van der Waals surface area contributed by atoms with E-state index in [4.69, 9.17) is 0 Å². The molecular formula is C11H14N2. The summed E-state index contributed by atoms with van der Waals surface area (Å²) in [6.45, 7) is 2.11. The maximum absolute atomic E-state index is 4.50. The van der Waals surface area contributed by atoms with Crippen LogP contribution in [0.2, 0.25) is 0 Å². The van der Waals surface area contributed by atoms with Crippen molar-refractivity contribution in [2.24, 2.45) is 0 Å². The zero-order chi connectivity index (χ0) is 9.05. The van der Waals surface area contributed by atoms with E-state index in [9.17, 15) is 0 Å². The second-order valence-electron chi connectivity index (χ2n) is 4.44. The molecule has 0 atom stereocenters. The number of aryl methyl sites for hydroxylation is 1. The minimum Gasteiger partial charge on any atom is -0.367 e. The van der Waals surface area contributed by atoms with Crippen LogP contribution in [0.5, 0.6) is 0 Å². The van der Waals surface area contributed by atoms with Crippen molar-refractivity contribution in [2.75, 3.05) is 11.9 Å². The number of hydrogen-bond donors (Lipinski definition) is 0. The molecule has 3 rings (SSSR count). The summed E-state index contributed by atoms with van der Waals surface area (Å²) in [6.07, 6.45) is 5.84. The van der Waals surface area contributed by atoms with Gasteiger partial charge in [0.15, 0.2) is 0 Å². The van der Waals surface area contributed by atoms with Gasteiger partial charge in [-0.1, -0.05) is 0 Å². The maximum atomic E-state index is 4.50. The SMILES string of the molecule is Cc1cnc2c(c1)N(C)C1(CC1)C2. The molecule has 0 bridgehead atoms. The lowest BCUT2D eigenvalue weighted by atomic mass is 10.2. The average Bonchev–Trinajstić information content (AvgIpc) is 2.83. The Labute approximate surface area is 78.6 Å². The highest BCUT2D eigenvalue weighted by molar-refractivity contribution is 5.61. The van der Waals surface area contributed by atoms with E-state index in [1.54, 1.807) is 0 Å². The van der Waals surface area contributed by atoms with Gasteiger partial charge in [0, 0.05) is 25.2 Å². The van der Waals surface area contributed by atoms with Crippen LogP contribution in [0.25, 0.3) is 0 Å². The van der Waals surface area contributed by atoms with Crippen LogP contribution < -0.4 is 4.90 Å². The number of hydrogen-bond acceptors (Lipinski definition) is 2. The molecule has 2 aliphatic rings. The van der Waals surface area contributed by atoms with Crippen LogP contribution in [0.3, 0.4) is 0 Å². The smallest absolute Gasteiger partial charge is 0.0660 e. The summed E-state index contributed by atoms with van der Waals surface area (Å²) < 4.78 is 0. The minimum atomic E-state index is 0.475. The standard InChI is InChI=1S/C11H14N2/c1-8-5-10-9(12-7-8)6-11(3-4-11)13(10)2/h5,7H,3-4,6H2,1-2H3. The van der Waals surface area contributed by atoms with Crippen molar-refractivity contribution < 1.29 is 0 Å². The van der Waals surface area contributed by atoms with E-state index in [-0.39, 0.29) is 0 Å². The molecule has 2 heterocycles. The van der Waals surface area contributed by atoms with Gasteiger partial charge in [0.05, 0.1) is 11.4 Å². The molecule has 1 spiro atoms. The Morgan fingerprint density at radius 3 is 2.92 bits per heavy atom. The Hall–Kier alpha value is -1.05. The highest BCUT2D eigenvalue weighted by Crippen LogP contribution is 2.51. The van der Waals surface area contributed by atoms with Gasteiger partial charge in [-0.3, -0.25) is 4.98 Å². The fourth-order valence-corrected chi connectivity index (χ4v) is 2.35. The van der Waals surface area contributed by atoms with Crippen LogP contribution >= 0.6 is 0 Å². The lowest BCUT2D eigenvalue weighted by Crippen LogP contribution is -2.29. The molecular weight excluding hydrogens is 160 g/mol. The summed E-state index contributed by atoms with van der Waals surface area (Å²) in [5.41, 5.74) is 4.40. The van der Waals surface area contributed by atoms with Crippen molar-refractivity contribution in [3.05, 3.63) is 23.5 Å². The molecule has 1 aliphatic carbocycles. The quantitative estimate of drug-likeness (QED) is 0.597. The maximum Gasteiger partial charge on any atom is 0.0660 e. The zero-order valence-electron chi connectivity index (χ0n) is 8.17. The fourth-order valence-electron chi connectivity index (χ4n) is 2.35. The molecule has 2 nitrogen and oxygen atoms in total. The first-order valence-electron chi connectivity index (χ1n) is 4.91. The van der Waals surface area contributed by atoms with Gasteiger partial charge in [-0.25, -0.2) is 0 Å². The number of aromatic nitrogens is 1. The molecule has 0 N–H and O–H groups in total. The number of anilines is 1. The molecule has 0 radical (unpaired) electrons. The molecule has 0 unspecified atom stereocenters. The van der Waals surface area contributed by atoms with Crippen molar-refractivity contribution in [2.45, 2.75) is 31.7 Å². The second-order valence-corrected chi connectivity index (χ2v) is 4.44. The fraction of sp³-hybridized carbons (Fsp3) is 0.545. The summed E-state index contributed by atoms with van der Waals surface area (Å²) in [7, 11) is 2.21. The van der Waals surface area contributed by atoms with Gasteiger partial charge in [0.25, 0.3) is 0 Å². The summed E-state index contributed by atoms with van der Waals surface area (Å²) in [5, 5.41) is 0. The van der Waals surface area contributed by atoms with Crippen molar-refractivity contribution in [1.82, 2.24) is 4.98 Å². The third-order valence-electron chi connectivity index (χ3n) is 3.48. The number of pyridine rings is 1. The van der Waals surface area contributed by atoms with E-state index in [0.29, 0.717) is 5.54 Å². The number of fused-ring (bicyclic) bond motifs is 1. The predicted octanol–water partition coefficient (Wildman–Crippen LogP) is 1.91. The second kappa shape index (κ2) is 2.06. The van der Waals surface area contributed by atoms with E-state index in [2.05, 4.69) is 29.9 Å². The Bertz CT molecular complexity index is 366. The molecule has 1 aromatic heterocycles. The Kier molecular flexibility index (Phi) is 1.17. The Balaban J connectivity index is 2.12. The van der Waals surface area contributed by atoms with Gasteiger partial charge >= 0.3 is 0 Å². The number of rotatable bonds is 0. The van der Waals surface area contributed by atoms with Crippen LogP contribution in [0, 0.1) is 6.92 Å². The monoisotopic (exact) mass is 174 g/mol. The van der Waals surface area contributed by atoms with Gasteiger partial charge in [-0.15, -0.1) is 0 Å². The molecule has 2 heteroatoms. The molecule has 1 saturated carbocycles. The molecule has 0 amide bonds. The third-order valence-corrected chi connectivity index (χ3v) is 3.48. The Morgan fingerprint density at radius 1 is 1.46 bits per heavy atom. The predicted molar refractivity (Wildman–Crippen MR) is 53.0 cm³/mol. The molecule has 1 fully saturated rings. The molecule has 0 saturated heterocycles. The highest BCUT2D eigenvalue weighted by atomic mass is 15.2. The van der Waals surface area contributed by atoms with Crippen molar-refractivity contribution in [1.29, 1.82) is 0 Å². The first kappa shape index (κ1) is 7.36. The van der Waals surface area contributed by atoms with Gasteiger partial charge in [0.1, 0.15) is 0 Å². The summed E-state index contributed by atoms with van der Waals surface area (Å²) in [6, 6.07) is 2.26. The molecule has 13 heavy (non-hydrogen) atoms. The van der Waals surface area contributed by atoms with Gasteiger partial charge < -0.3 is 4.90 Å². The van der Waals surface area contributed by atoms with Crippen LogP contribution in [0.4, 0.5) is 5.69 Å². The lowest BCUT2D eigenvalue weighted by Gasteiger charge is -2.21. The zero-order valence-corrected chi connectivity index (χ0v) is 8.17. The average molecular weight is 174 g/mol. The lowest BCUT2D eigenvalue weighted by molar-refractivity contribution is 0.663. The minimum absolute atomic E-state index is 0.475. The van der Waals surface area contributed by atoms with Gasteiger partial charge in [-0.05, 0) is 31.4 Å². The third kappa shape index (κ3) is 0.859. The first-order chi connectivity index (χ1) is 6.21. The van der Waals surface area contributed by atoms with Crippen LogP contribution in [-0.2, 0) is 6.42 Å². The van der Waals surface area contributed by atoms with E-state index >= 15 is 0 Å². The molecule has 1 aliphatic heterocycles. The topological polar surface area (TPSA) is 16.1 Å². The molecule has 68 valence electrons. The van der Waals surface area contributed by atoms with Crippen molar-refractivity contribution in [3.8, 4) is 0 Å². The Morgan fingerprint density at radius 2 is 2.23 bits per heavy atom. The van der Waals surface area contributed by atoms with Gasteiger partial charge in [-0.2, -0.15) is 0 Å². The van der Waals surface area contributed by atoms with Crippen LogP contribution in [-0.4, -0.2) is 17.6 Å². The number of likely N-dealkylation sites (N-methyl/N-ethyl adjacent to an activating group) is 1. The molecule has 0 aromatic carbocycles. The van der Waals surface area contributed by atoms with E-state index in [1.165, 1.54) is 36.2 Å². The summed E-state index contributed by atoms with van der Waals surface area (Å²) in [5.74, 6) is 0. The van der Waals surface area contributed by atoms with E-state index in [0.717, 1.165) is 0 Å². The van der Waals surface area contributed by atoms with Crippen molar-refractivity contribution in [3.63, 3.8) is 0 Å². The first-order valence-corrected chi connectivity index (χ1v) is 4.91. The van der Waals surface area contributed by atoms with Gasteiger partial charge in [0.2, 0.25) is 0 Å². The number of nitrogens with zero attached hydrogens (tertiary/aromatic N) is 2. The summed E-state index contributed by atoms with van der Waals surface area (Å²) in [4.78, 5) is 6.94. The van der Waals surface area contributed by atoms with Crippen LogP contribution in [0.1, 0.15) is 24.1 Å². The summed E-state index contributed by atoms with van der Waals surface area (Å²) >= 11 is 0. The van der Waals surface area contributed by atoms with Crippen LogP contribution in [0.15, 0.2) is 12.3 Å². The van der Waals surface area contributed by atoms with Crippen molar-refractivity contribution >= 4 is 5.69 Å².